The van der Waals surface area contributed by atoms with Gasteiger partial charge < -0.3 is 10.2 Å². The van der Waals surface area contributed by atoms with Gasteiger partial charge in [-0.3, -0.25) is 4.79 Å². The fourth-order valence-electron chi connectivity index (χ4n) is 4.15. The molecule has 1 heterocycles. The van der Waals surface area contributed by atoms with E-state index in [1.54, 1.807) is 0 Å². The number of rotatable bonds is 6. The molecule has 0 spiro atoms. The first-order valence-electron chi connectivity index (χ1n) is 10.9. The van der Waals surface area contributed by atoms with Crippen LogP contribution < -0.4 is 5.32 Å². The second-order valence-electron chi connectivity index (χ2n) is 8.32. The summed E-state index contributed by atoms with van der Waals surface area (Å²) < 4.78 is 0. The number of carbonyl (C=O) groups is 1. The highest BCUT2D eigenvalue weighted by Crippen LogP contribution is 2.28. The van der Waals surface area contributed by atoms with E-state index < -0.39 is 0 Å². The van der Waals surface area contributed by atoms with Crippen LogP contribution in [0.1, 0.15) is 47.3 Å². The van der Waals surface area contributed by atoms with Crippen molar-refractivity contribution in [2.45, 2.75) is 32.2 Å². The van der Waals surface area contributed by atoms with E-state index in [0.717, 1.165) is 43.6 Å². The lowest BCUT2D eigenvalue weighted by molar-refractivity contribution is 0.0698. The molecule has 4 rings (SSSR count). The van der Waals surface area contributed by atoms with Gasteiger partial charge in [-0.1, -0.05) is 79.7 Å². The Morgan fingerprint density at radius 1 is 0.900 bits per heavy atom. The number of hydrogen-bond donors (Lipinski definition) is 1. The molecule has 0 radical (unpaired) electrons. The summed E-state index contributed by atoms with van der Waals surface area (Å²) in [5, 5.41) is 3.69. The molecule has 3 nitrogen and oxygen atoms in total. The Kier molecular flexibility index (Phi) is 6.48. The van der Waals surface area contributed by atoms with Crippen molar-refractivity contribution >= 4 is 11.6 Å². The van der Waals surface area contributed by atoms with Crippen LogP contribution in [-0.4, -0.2) is 23.9 Å². The van der Waals surface area contributed by atoms with Crippen LogP contribution in [0.25, 0.3) is 0 Å². The first-order chi connectivity index (χ1) is 14.7. The average Bonchev–Trinajstić information content (AvgIpc) is 2.80. The van der Waals surface area contributed by atoms with Gasteiger partial charge in [0.2, 0.25) is 0 Å². The maximum atomic E-state index is 13.3. The van der Waals surface area contributed by atoms with Gasteiger partial charge >= 0.3 is 0 Å². The zero-order valence-corrected chi connectivity index (χ0v) is 17.6. The fraction of sp³-hybridized carbons (Fsp3) is 0.296. The van der Waals surface area contributed by atoms with Gasteiger partial charge in [0.25, 0.3) is 5.91 Å². The number of anilines is 1. The summed E-state index contributed by atoms with van der Waals surface area (Å²) in [6, 6.07) is 29.0. The second-order valence-corrected chi connectivity index (χ2v) is 8.32. The summed E-state index contributed by atoms with van der Waals surface area (Å²) in [5.41, 5.74) is 4.16. The van der Waals surface area contributed by atoms with Crippen LogP contribution in [0.2, 0.25) is 0 Å². The second kappa shape index (κ2) is 9.62. The van der Waals surface area contributed by atoms with E-state index in [0.29, 0.717) is 5.92 Å². The topological polar surface area (TPSA) is 32.3 Å². The molecule has 1 aliphatic rings. The smallest absolute Gasteiger partial charge is 0.255 e. The molecule has 3 aromatic rings. The van der Waals surface area contributed by atoms with Crippen LogP contribution in [-0.2, 0) is 6.42 Å². The summed E-state index contributed by atoms with van der Waals surface area (Å²) in [6.07, 6.45) is 3.03. The number of piperidine rings is 1. The standard InChI is InChI=1S/C27H30N2O/c1-21-16-18-29(19-17-21)27(30)24-14-8-9-15-25(24)28-26(23-12-6-3-7-13-23)20-22-10-4-2-5-11-22/h2-15,21,26,28H,16-20H2,1H3. The SMILES string of the molecule is CC1CCN(C(=O)c2ccccc2NC(Cc2ccccc2)c2ccccc2)CC1. The minimum absolute atomic E-state index is 0.0870. The molecule has 1 amide bonds. The zero-order chi connectivity index (χ0) is 20.8. The molecule has 154 valence electrons. The van der Waals surface area contributed by atoms with Crippen molar-refractivity contribution in [1.29, 1.82) is 0 Å². The first-order valence-corrected chi connectivity index (χ1v) is 10.9. The molecule has 1 N–H and O–H groups in total. The van der Waals surface area contributed by atoms with Gasteiger partial charge in [0.05, 0.1) is 11.6 Å². The fourth-order valence-corrected chi connectivity index (χ4v) is 4.15. The third-order valence-corrected chi connectivity index (χ3v) is 6.04. The van der Waals surface area contributed by atoms with Gasteiger partial charge in [-0.2, -0.15) is 0 Å². The minimum Gasteiger partial charge on any atom is -0.377 e. The van der Waals surface area contributed by atoms with Crippen molar-refractivity contribution in [2.75, 3.05) is 18.4 Å². The predicted octanol–water partition coefficient (Wildman–Crippen LogP) is 5.95. The molecule has 1 atom stereocenters. The van der Waals surface area contributed by atoms with E-state index in [1.807, 2.05) is 41.3 Å². The van der Waals surface area contributed by atoms with Gasteiger partial charge in [-0.15, -0.1) is 0 Å². The highest BCUT2D eigenvalue weighted by atomic mass is 16.2. The monoisotopic (exact) mass is 398 g/mol. The number of likely N-dealkylation sites (tertiary alicyclic amines) is 1. The van der Waals surface area contributed by atoms with Crippen molar-refractivity contribution in [1.82, 2.24) is 4.90 Å². The van der Waals surface area contributed by atoms with Crippen LogP contribution in [0.4, 0.5) is 5.69 Å². The van der Waals surface area contributed by atoms with Gasteiger partial charge in [0.15, 0.2) is 0 Å². The number of carbonyl (C=O) groups excluding carboxylic acids is 1. The number of hydrogen-bond acceptors (Lipinski definition) is 2. The summed E-state index contributed by atoms with van der Waals surface area (Å²) in [5.74, 6) is 0.840. The molecule has 1 fully saturated rings. The Morgan fingerprint density at radius 3 is 2.20 bits per heavy atom. The van der Waals surface area contributed by atoms with Gasteiger partial charge in [-0.05, 0) is 48.4 Å². The van der Waals surface area contributed by atoms with Crippen molar-refractivity contribution in [3.05, 3.63) is 102 Å². The largest absolute Gasteiger partial charge is 0.377 e. The molecule has 0 aromatic heterocycles. The number of nitrogens with zero attached hydrogens (tertiary/aromatic N) is 1. The van der Waals surface area contributed by atoms with Gasteiger partial charge in [-0.25, -0.2) is 0 Å². The molecular formula is C27H30N2O. The number of nitrogens with one attached hydrogen (secondary N) is 1. The number of benzene rings is 3. The molecule has 1 saturated heterocycles. The third-order valence-electron chi connectivity index (χ3n) is 6.04. The molecule has 30 heavy (non-hydrogen) atoms. The van der Waals surface area contributed by atoms with Crippen LogP contribution in [0, 0.1) is 5.92 Å². The number of amides is 1. The van der Waals surface area contributed by atoms with E-state index >= 15 is 0 Å². The molecule has 0 bridgehead atoms. The molecule has 0 aliphatic carbocycles. The Balaban J connectivity index is 1.59. The van der Waals surface area contributed by atoms with Crippen molar-refractivity contribution < 1.29 is 4.79 Å². The Bertz CT molecular complexity index is 947. The van der Waals surface area contributed by atoms with Crippen molar-refractivity contribution in [3.8, 4) is 0 Å². The van der Waals surface area contributed by atoms with Gasteiger partial charge in [0, 0.05) is 18.8 Å². The first kappa shape index (κ1) is 20.2. The molecular weight excluding hydrogens is 368 g/mol. The van der Waals surface area contributed by atoms with Crippen LogP contribution in [0.5, 0.6) is 0 Å². The van der Waals surface area contributed by atoms with E-state index in [4.69, 9.17) is 0 Å². The van der Waals surface area contributed by atoms with Crippen molar-refractivity contribution in [2.24, 2.45) is 5.92 Å². The van der Waals surface area contributed by atoms with Gasteiger partial charge in [0.1, 0.15) is 0 Å². The maximum absolute atomic E-state index is 13.3. The van der Waals surface area contributed by atoms with Crippen LogP contribution in [0.15, 0.2) is 84.9 Å². The summed E-state index contributed by atoms with van der Waals surface area (Å²) in [7, 11) is 0. The summed E-state index contributed by atoms with van der Waals surface area (Å²) in [4.78, 5) is 15.3. The predicted molar refractivity (Wildman–Crippen MR) is 124 cm³/mol. The van der Waals surface area contributed by atoms with E-state index in [9.17, 15) is 4.79 Å². The molecule has 1 unspecified atom stereocenters. The Morgan fingerprint density at radius 2 is 1.50 bits per heavy atom. The van der Waals surface area contributed by atoms with E-state index in [2.05, 4.69) is 60.8 Å². The Labute approximate surface area is 179 Å². The average molecular weight is 399 g/mol. The highest BCUT2D eigenvalue weighted by Gasteiger charge is 2.24. The number of para-hydroxylation sites is 1. The van der Waals surface area contributed by atoms with Crippen LogP contribution >= 0.6 is 0 Å². The Hall–Kier alpha value is -3.07. The molecule has 1 aliphatic heterocycles. The lowest BCUT2D eigenvalue weighted by Gasteiger charge is -2.31. The van der Waals surface area contributed by atoms with Crippen molar-refractivity contribution in [3.63, 3.8) is 0 Å². The quantitative estimate of drug-likeness (QED) is 0.556. The highest BCUT2D eigenvalue weighted by molar-refractivity contribution is 5.99. The lowest BCUT2D eigenvalue weighted by Crippen LogP contribution is -2.38. The minimum atomic E-state index is 0.0870. The zero-order valence-electron chi connectivity index (χ0n) is 17.6. The lowest BCUT2D eigenvalue weighted by atomic mass is 9.97. The maximum Gasteiger partial charge on any atom is 0.255 e. The normalized spacial score (nSPS) is 15.6. The molecule has 3 aromatic carbocycles. The summed E-state index contributed by atoms with van der Waals surface area (Å²) >= 11 is 0. The van der Waals surface area contributed by atoms with E-state index in [-0.39, 0.29) is 11.9 Å². The molecule has 3 heteroatoms. The molecule has 0 saturated carbocycles. The van der Waals surface area contributed by atoms with E-state index in [1.165, 1.54) is 11.1 Å². The summed E-state index contributed by atoms with van der Waals surface area (Å²) in [6.45, 7) is 3.96. The third kappa shape index (κ3) is 4.91. The van der Waals surface area contributed by atoms with Crippen LogP contribution in [0.3, 0.4) is 0 Å².